The summed E-state index contributed by atoms with van der Waals surface area (Å²) >= 11 is 0. The summed E-state index contributed by atoms with van der Waals surface area (Å²) in [5, 5.41) is 0. The fourth-order valence-electron chi connectivity index (χ4n) is 1.32. The van der Waals surface area contributed by atoms with Gasteiger partial charge in [-0.3, -0.25) is 0 Å². The van der Waals surface area contributed by atoms with Crippen molar-refractivity contribution in [1.82, 2.24) is 0 Å². The van der Waals surface area contributed by atoms with E-state index in [1.807, 2.05) is 0 Å². The molecule has 0 atom stereocenters. The van der Waals surface area contributed by atoms with Crippen LogP contribution in [0.3, 0.4) is 0 Å². The summed E-state index contributed by atoms with van der Waals surface area (Å²) in [6, 6.07) is 4.56. The molecule has 1 rings (SSSR count). The highest BCUT2D eigenvalue weighted by atomic mass is 16.6. The molecule has 0 aliphatic rings. The smallest absolute Gasteiger partial charge is 0.343 e. The Morgan fingerprint density at radius 1 is 1.16 bits per heavy atom. The summed E-state index contributed by atoms with van der Waals surface area (Å²) in [5.41, 5.74) is 0.351. The van der Waals surface area contributed by atoms with Crippen LogP contribution in [0.25, 0.3) is 0 Å². The molecule has 0 bridgehead atoms. The summed E-state index contributed by atoms with van der Waals surface area (Å²) in [6.45, 7) is 1.79. The second-order valence-corrected chi connectivity index (χ2v) is 3.45. The van der Waals surface area contributed by atoms with Gasteiger partial charge in [-0.1, -0.05) is 0 Å². The van der Waals surface area contributed by atoms with E-state index in [1.165, 1.54) is 32.4 Å². The fourth-order valence-corrected chi connectivity index (χ4v) is 1.32. The number of hydrogen-bond donors (Lipinski definition) is 0. The first-order valence-corrected chi connectivity index (χ1v) is 5.67. The van der Waals surface area contributed by atoms with E-state index in [0.29, 0.717) is 23.7 Å². The van der Waals surface area contributed by atoms with Gasteiger partial charge in [0.15, 0.2) is 18.1 Å². The number of ether oxygens (including phenoxy) is 4. The second-order valence-electron chi connectivity index (χ2n) is 3.45. The largest absolute Gasteiger partial charge is 0.493 e. The van der Waals surface area contributed by atoms with Gasteiger partial charge >= 0.3 is 11.9 Å². The first kappa shape index (κ1) is 14.8. The third kappa shape index (κ3) is 4.17. The van der Waals surface area contributed by atoms with Crippen molar-refractivity contribution in [3.63, 3.8) is 0 Å². The van der Waals surface area contributed by atoms with E-state index in [-0.39, 0.29) is 6.61 Å². The average molecular weight is 268 g/mol. The minimum absolute atomic E-state index is 0.231. The predicted octanol–water partition coefficient (Wildman–Crippen LogP) is 1.42. The normalized spacial score (nSPS) is 9.63. The van der Waals surface area contributed by atoms with Gasteiger partial charge in [-0.05, 0) is 25.1 Å². The molecule has 1 aromatic rings. The Hall–Kier alpha value is -2.24. The Morgan fingerprint density at radius 2 is 1.89 bits per heavy atom. The molecule has 0 radical (unpaired) electrons. The van der Waals surface area contributed by atoms with Gasteiger partial charge in [0.05, 0.1) is 26.4 Å². The number of carbonyl (C=O) groups is 2. The molecule has 0 aromatic heterocycles. The number of esters is 2. The lowest BCUT2D eigenvalue weighted by Gasteiger charge is -2.11. The van der Waals surface area contributed by atoms with Gasteiger partial charge in [-0.15, -0.1) is 0 Å². The van der Waals surface area contributed by atoms with Crippen molar-refractivity contribution in [2.24, 2.45) is 0 Å². The van der Waals surface area contributed by atoms with Crippen LogP contribution in [0, 0.1) is 0 Å². The van der Waals surface area contributed by atoms with Gasteiger partial charge in [0.1, 0.15) is 0 Å². The number of methoxy groups -OCH3 is 2. The van der Waals surface area contributed by atoms with Crippen molar-refractivity contribution in [3.8, 4) is 11.5 Å². The maximum atomic E-state index is 11.5. The first-order valence-electron chi connectivity index (χ1n) is 5.67. The third-order valence-corrected chi connectivity index (χ3v) is 2.25. The average Bonchev–Trinajstić information content (AvgIpc) is 2.44. The quantitative estimate of drug-likeness (QED) is 0.727. The molecule has 1 aromatic carbocycles. The van der Waals surface area contributed by atoms with E-state index < -0.39 is 11.9 Å². The maximum Gasteiger partial charge on any atom is 0.343 e. The van der Waals surface area contributed by atoms with Gasteiger partial charge in [0.25, 0.3) is 0 Å². The molecule has 6 nitrogen and oxygen atoms in total. The summed E-state index contributed by atoms with van der Waals surface area (Å²) < 4.78 is 19.7. The predicted molar refractivity (Wildman–Crippen MR) is 66.5 cm³/mol. The van der Waals surface area contributed by atoms with Crippen molar-refractivity contribution in [2.45, 2.75) is 6.92 Å². The zero-order valence-electron chi connectivity index (χ0n) is 11.1. The molecule has 0 aliphatic heterocycles. The van der Waals surface area contributed by atoms with E-state index in [2.05, 4.69) is 4.74 Å². The lowest BCUT2D eigenvalue weighted by molar-refractivity contribution is -0.142. The minimum atomic E-state index is -0.503. The van der Waals surface area contributed by atoms with Crippen molar-refractivity contribution in [3.05, 3.63) is 23.8 Å². The first-order chi connectivity index (χ1) is 9.12. The molecule has 6 heteroatoms. The van der Waals surface area contributed by atoms with Crippen LogP contribution in [0.2, 0.25) is 0 Å². The van der Waals surface area contributed by atoms with Gasteiger partial charge in [0, 0.05) is 0 Å². The molecule has 104 valence electrons. The zero-order valence-corrected chi connectivity index (χ0v) is 11.1. The molecule has 0 saturated heterocycles. The summed E-state index contributed by atoms with van der Waals surface area (Å²) in [7, 11) is 2.71. The van der Waals surface area contributed by atoms with Crippen LogP contribution in [0.5, 0.6) is 11.5 Å². The van der Waals surface area contributed by atoms with Crippen LogP contribution in [-0.2, 0) is 14.3 Å². The van der Waals surface area contributed by atoms with E-state index in [4.69, 9.17) is 14.2 Å². The Kier molecular flexibility index (Phi) is 5.66. The van der Waals surface area contributed by atoms with Crippen molar-refractivity contribution in [2.75, 3.05) is 27.4 Å². The van der Waals surface area contributed by atoms with Crippen molar-refractivity contribution >= 4 is 11.9 Å². The van der Waals surface area contributed by atoms with Crippen molar-refractivity contribution < 1.29 is 28.5 Å². The van der Waals surface area contributed by atoms with E-state index >= 15 is 0 Å². The van der Waals surface area contributed by atoms with Crippen LogP contribution >= 0.6 is 0 Å². The number of carbonyl (C=O) groups excluding carboxylic acids is 2. The van der Waals surface area contributed by atoms with Gasteiger partial charge in [-0.2, -0.15) is 0 Å². The molecule has 19 heavy (non-hydrogen) atoms. The molecule has 0 heterocycles. The van der Waals surface area contributed by atoms with E-state index in [1.54, 1.807) is 6.92 Å². The lowest BCUT2D eigenvalue weighted by Crippen LogP contribution is -2.13. The van der Waals surface area contributed by atoms with Gasteiger partial charge in [-0.25, -0.2) is 9.59 Å². The topological polar surface area (TPSA) is 71.1 Å². The second kappa shape index (κ2) is 7.25. The van der Waals surface area contributed by atoms with Crippen LogP contribution in [0.15, 0.2) is 18.2 Å². The number of hydrogen-bond acceptors (Lipinski definition) is 6. The zero-order chi connectivity index (χ0) is 14.3. The van der Waals surface area contributed by atoms with E-state index in [9.17, 15) is 9.59 Å². The SMILES string of the molecule is CCOC(=O)c1ccc(OCC(=O)OC)c(OC)c1. The van der Waals surface area contributed by atoms with Crippen LogP contribution in [-0.4, -0.2) is 39.4 Å². The van der Waals surface area contributed by atoms with Crippen LogP contribution in [0.4, 0.5) is 0 Å². The number of rotatable bonds is 6. The molecule has 0 aliphatic carbocycles. The molecule has 0 fully saturated rings. The Labute approximate surface area is 111 Å². The molecule has 0 unspecified atom stereocenters. The minimum Gasteiger partial charge on any atom is -0.493 e. The summed E-state index contributed by atoms with van der Waals surface area (Å²) in [5.74, 6) is -0.257. The summed E-state index contributed by atoms with van der Waals surface area (Å²) in [6.07, 6.45) is 0. The highest BCUT2D eigenvalue weighted by Gasteiger charge is 2.13. The van der Waals surface area contributed by atoms with Crippen LogP contribution in [0.1, 0.15) is 17.3 Å². The van der Waals surface area contributed by atoms with Gasteiger partial charge in [0.2, 0.25) is 0 Å². The highest BCUT2D eigenvalue weighted by molar-refractivity contribution is 5.90. The maximum absolute atomic E-state index is 11.5. The molecular weight excluding hydrogens is 252 g/mol. The molecule has 0 amide bonds. The Morgan fingerprint density at radius 3 is 2.47 bits per heavy atom. The Bertz CT molecular complexity index is 454. The van der Waals surface area contributed by atoms with Crippen molar-refractivity contribution in [1.29, 1.82) is 0 Å². The Balaban J connectivity index is 2.84. The third-order valence-electron chi connectivity index (χ3n) is 2.25. The van der Waals surface area contributed by atoms with Crippen LogP contribution < -0.4 is 9.47 Å². The summed E-state index contributed by atoms with van der Waals surface area (Å²) in [4.78, 5) is 22.5. The lowest BCUT2D eigenvalue weighted by atomic mass is 10.2. The monoisotopic (exact) mass is 268 g/mol. The fraction of sp³-hybridized carbons (Fsp3) is 0.385. The standard InChI is InChI=1S/C13H16O6/c1-4-18-13(15)9-5-6-10(11(7-9)16-2)19-8-12(14)17-3/h5-7H,4,8H2,1-3H3. The van der Waals surface area contributed by atoms with Gasteiger partial charge < -0.3 is 18.9 Å². The highest BCUT2D eigenvalue weighted by Crippen LogP contribution is 2.28. The molecular formula is C13H16O6. The molecule has 0 saturated carbocycles. The number of benzene rings is 1. The van der Waals surface area contributed by atoms with E-state index in [0.717, 1.165) is 0 Å². The molecule has 0 N–H and O–H groups in total. The molecule has 0 spiro atoms.